The number of nitrogens with one attached hydrogen (secondary N) is 1. The fourth-order valence-electron chi connectivity index (χ4n) is 1.75. The lowest BCUT2D eigenvalue weighted by molar-refractivity contribution is -0.130. The van der Waals surface area contributed by atoms with Gasteiger partial charge in [0.1, 0.15) is 13.1 Å². The van der Waals surface area contributed by atoms with Gasteiger partial charge < -0.3 is 15.3 Å². The first-order chi connectivity index (χ1) is 8.76. The topological polar surface area (TPSA) is 90.0 Å². The highest BCUT2D eigenvalue weighted by atomic mass is 16.3. The normalized spacial score (nSPS) is 16.2. The third-order valence-electron chi connectivity index (χ3n) is 3.09. The number of aliphatic hydroxyl groups excluding tert-OH is 1. The Kier molecular flexibility index (Phi) is 4.88. The molecule has 0 atom stereocenters. The molecule has 0 radical (unpaired) electrons. The van der Waals surface area contributed by atoms with E-state index in [1.807, 2.05) is 13.8 Å². The van der Waals surface area contributed by atoms with Crippen molar-refractivity contribution in [3.05, 3.63) is 0 Å². The SMILES string of the molecule is CN1CC(=O)N(CC(=O)NCC(C)(C)CCO)C1=O. The van der Waals surface area contributed by atoms with E-state index in [0.717, 1.165) is 4.90 Å². The maximum atomic E-state index is 11.7. The first-order valence-electron chi connectivity index (χ1n) is 6.20. The number of amides is 4. The smallest absolute Gasteiger partial charge is 0.327 e. The van der Waals surface area contributed by atoms with Crippen LogP contribution in [0.25, 0.3) is 0 Å². The van der Waals surface area contributed by atoms with Crippen LogP contribution in [0.4, 0.5) is 4.79 Å². The van der Waals surface area contributed by atoms with Gasteiger partial charge in [-0.25, -0.2) is 4.79 Å². The number of imide groups is 1. The molecule has 1 rings (SSSR count). The van der Waals surface area contributed by atoms with Gasteiger partial charge in [0.05, 0.1) is 0 Å². The molecule has 19 heavy (non-hydrogen) atoms. The molecule has 0 aromatic rings. The van der Waals surface area contributed by atoms with E-state index in [2.05, 4.69) is 5.32 Å². The first kappa shape index (κ1) is 15.4. The van der Waals surface area contributed by atoms with Gasteiger partial charge in [-0.15, -0.1) is 0 Å². The third-order valence-corrected chi connectivity index (χ3v) is 3.09. The van der Waals surface area contributed by atoms with E-state index in [4.69, 9.17) is 5.11 Å². The molecule has 4 amide bonds. The molecule has 0 bridgehead atoms. The summed E-state index contributed by atoms with van der Waals surface area (Å²) in [6.45, 7) is 4.04. The number of carbonyl (C=O) groups is 3. The minimum atomic E-state index is -0.449. The summed E-state index contributed by atoms with van der Waals surface area (Å²) in [5.74, 6) is -0.736. The molecule has 0 aromatic carbocycles. The van der Waals surface area contributed by atoms with E-state index < -0.39 is 6.03 Å². The molecular formula is C12H21N3O4. The van der Waals surface area contributed by atoms with Gasteiger partial charge in [-0.05, 0) is 11.8 Å². The van der Waals surface area contributed by atoms with Crippen molar-refractivity contribution in [1.82, 2.24) is 15.1 Å². The molecular weight excluding hydrogens is 250 g/mol. The average molecular weight is 271 g/mol. The van der Waals surface area contributed by atoms with E-state index in [0.29, 0.717) is 13.0 Å². The predicted molar refractivity (Wildman–Crippen MR) is 68.2 cm³/mol. The summed E-state index contributed by atoms with van der Waals surface area (Å²) >= 11 is 0. The zero-order chi connectivity index (χ0) is 14.6. The molecule has 2 N–H and O–H groups in total. The van der Waals surface area contributed by atoms with Gasteiger partial charge in [0, 0.05) is 20.2 Å². The molecule has 1 heterocycles. The quantitative estimate of drug-likeness (QED) is 0.632. The molecule has 1 aliphatic heterocycles. The molecule has 1 aliphatic rings. The Morgan fingerprint density at radius 2 is 2.05 bits per heavy atom. The van der Waals surface area contributed by atoms with Crippen molar-refractivity contribution in [3.63, 3.8) is 0 Å². The summed E-state index contributed by atoms with van der Waals surface area (Å²) < 4.78 is 0. The summed E-state index contributed by atoms with van der Waals surface area (Å²) in [7, 11) is 1.52. The van der Waals surface area contributed by atoms with Crippen LogP contribution in [0.2, 0.25) is 0 Å². The highest BCUT2D eigenvalue weighted by Crippen LogP contribution is 2.17. The van der Waals surface area contributed by atoms with Crippen LogP contribution in [0.3, 0.4) is 0 Å². The molecule has 108 valence electrons. The zero-order valence-corrected chi connectivity index (χ0v) is 11.6. The Bertz CT molecular complexity index is 381. The highest BCUT2D eigenvalue weighted by Gasteiger charge is 2.34. The molecule has 0 unspecified atom stereocenters. The lowest BCUT2D eigenvalue weighted by Crippen LogP contribution is -2.43. The van der Waals surface area contributed by atoms with Crippen LogP contribution >= 0.6 is 0 Å². The minimum Gasteiger partial charge on any atom is -0.396 e. The predicted octanol–water partition coefficient (Wildman–Crippen LogP) is -0.595. The van der Waals surface area contributed by atoms with Gasteiger partial charge in [-0.3, -0.25) is 14.5 Å². The fraction of sp³-hybridized carbons (Fsp3) is 0.750. The number of hydrogen-bond donors (Lipinski definition) is 2. The van der Waals surface area contributed by atoms with E-state index >= 15 is 0 Å². The summed E-state index contributed by atoms with van der Waals surface area (Å²) in [4.78, 5) is 37.0. The van der Waals surface area contributed by atoms with E-state index in [1.165, 1.54) is 11.9 Å². The number of likely N-dealkylation sites (N-methyl/N-ethyl adjacent to an activating group) is 1. The number of urea groups is 1. The second-order valence-corrected chi connectivity index (χ2v) is 5.53. The van der Waals surface area contributed by atoms with Crippen molar-refractivity contribution in [2.75, 3.05) is 33.3 Å². The van der Waals surface area contributed by atoms with Crippen LogP contribution in [0.15, 0.2) is 0 Å². The summed E-state index contributed by atoms with van der Waals surface area (Å²) in [5.41, 5.74) is -0.222. The van der Waals surface area contributed by atoms with Gasteiger partial charge in [0.2, 0.25) is 5.91 Å². The lowest BCUT2D eigenvalue weighted by Gasteiger charge is -2.24. The monoisotopic (exact) mass is 271 g/mol. The van der Waals surface area contributed by atoms with Crippen molar-refractivity contribution >= 4 is 17.8 Å². The second-order valence-electron chi connectivity index (χ2n) is 5.53. The van der Waals surface area contributed by atoms with Gasteiger partial charge in [0.25, 0.3) is 5.91 Å². The van der Waals surface area contributed by atoms with Gasteiger partial charge >= 0.3 is 6.03 Å². The van der Waals surface area contributed by atoms with Gasteiger partial charge in [0.15, 0.2) is 0 Å². The number of nitrogens with zero attached hydrogens (tertiary/aromatic N) is 2. The average Bonchev–Trinajstić information content (AvgIpc) is 2.54. The minimum absolute atomic E-state index is 0.0160. The zero-order valence-electron chi connectivity index (χ0n) is 11.6. The fourth-order valence-corrected chi connectivity index (χ4v) is 1.75. The van der Waals surface area contributed by atoms with Crippen LogP contribution in [0.1, 0.15) is 20.3 Å². The third kappa shape index (κ3) is 4.20. The molecule has 0 spiro atoms. The summed E-state index contributed by atoms with van der Waals surface area (Å²) in [6.07, 6.45) is 0.567. The Balaban J connectivity index is 2.44. The molecule has 7 heteroatoms. The van der Waals surface area contributed by atoms with Crippen LogP contribution in [0, 0.1) is 5.41 Å². The Morgan fingerprint density at radius 3 is 2.53 bits per heavy atom. The van der Waals surface area contributed by atoms with Crippen LogP contribution in [-0.4, -0.2) is 66.0 Å². The van der Waals surface area contributed by atoms with Crippen molar-refractivity contribution < 1.29 is 19.5 Å². The van der Waals surface area contributed by atoms with Crippen molar-refractivity contribution in [2.45, 2.75) is 20.3 Å². The van der Waals surface area contributed by atoms with E-state index in [9.17, 15) is 14.4 Å². The Morgan fingerprint density at radius 1 is 1.42 bits per heavy atom. The largest absolute Gasteiger partial charge is 0.396 e. The first-order valence-corrected chi connectivity index (χ1v) is 6.20. The van der Waals surface area contributed by atoms with Crippen LogP contribution < -0.4 is 5.32 Å². The standard InChI is InChI=1S/C12H21N3O4/c1-12(2,4-5-16)8-13-9(17)6-15-10(18)7-14(3)11(15)19/h16H,4-8H2,1-3H3,(H,13,17). The summed E-state index contributed by atoms with van der Waals surface area (Å²) in [5, 5.41) is 11.6. The van der Waals surface area contributed by atoms with Crippen LogP contribution in [0.5, 0.6) is 0 Å². The Labute approximate surface area is 112 Å². The maximum Gasteiger partial charge on any atom is 0.327 e. The highest BCUT2D eigenvalue weighted by molar-refractivity contribution is 6.04. The Hall–Kier alpha value is -1.63. The molecule has 0 aromatic heterocycles. The maximum absolute atomic E-state index is 11.7. The lowest BCUT2D eigenvalue weighted by atomic mass is 9.90. The number of aliphatic hydroxyl groups is 1. The molecule has 0 aliphatic carbocycles. The molecule has 1 fully saturated rings. The molecule has 0 saturated carbocycles. The molecule has 7 nitrogen and oxygen atoms in total. The van der Waals surface area contributed by atoms with Crippen LogP contribution in [-0.2, 0) is 9.59 Å². The number of hydrogen-bond acceptors (Lipinski definition) is 4. The van der Waals surface area contributed by atoms with Crippen molar-refractivity contribution in [2.24, 2.45) is 5.41 Å². The van der Waals surface area contributed by atoms with Gasteiger partial charge in [-0.2, -0.15) is 0 Å². The van der Waals surface area contributed by atoms with E-state index in [1.54, 1.807) is 0 Å². The van der Waals surface area contributed by atoms with Gasteiger partial charge in [-0.1, -0.05) is 13.8 Å². The number of carbonyl (C=O) groups excluding carboxylic acids is 3. The molecule has 1 saturated heterocycles. The number of rotatable bonds is 6. The van der Waals surface area contributed by atoms with Crippen molar-refractivity contribution in [1.29, 1.82) is 0 Å². The van der Waals surface area contributed by atoms with E-state index in [-0.39, 0.29) is 36.9 Å². The second kappa shape index (κ2) is 6.01. The summed E-state index contributed by atoms with van der Waals surface area (Å²) in [6, 6.07) is -0.449. The van der Waals surface area contributed by atoms with Crippen molar-refractivity contribution in [3.8, 4) is 0 Å².